The Morgan fingerprint density at radius 3 is 2.32 bits per heavy atom. The summed E-state index contributed by atoms with van der Waals surface area (Å²) in [6.07, 6.45) is -4.87. The zero-order chi connectivity index (χ0) is 24.5. The van der Waals surface area contributed by atoms with E-state index in [1.54, 1.807) is 28.4 Å². The fraction of sp³-hybridized carbons (Fsp3) is 0.304. The lowest BCUT2D eigenvalue weighted by atomic mass is 10.1. The number of alkyl halides is 3. The highest BCUT2D eigenvalue weighted by molar-refractivity contribution is 7.92. The number of rotatable bonds is 6. The van der Waals surface area contributed by atoms with E-state index in [9.17, 15) is 21.6 Å². The summed E-state index contributed by atoms with van der Waals surface area (Å²) in [4.78, 5) is 2.83. The van der Waals surface area contributed by atoms with Crippen LogP contribution in [0.15, 0.2) is 64.9 Å². The first kappa shape index (κ1) is 24.4. The zero-order valence-corrected chi connectivity index (χ0v) is 20.1. The van der Waals surface area contributed by atoms with Crippen molar-refractivity contribution in [2.75, 3.05) is 22.7 Å². The third-order valence-electron chi connectivity index (χ3n) is 5.31. The van der Waals surface area contributed by atoms with Gasteiger partial charge in [0.05, 0.1) is 16.3 Å². The lowest BCUT2D eigenvalue weighted by molar-refractivity contribution is -0.274. The van der Waals surface area contributed by atoms with E-state index in [0.29, 0.717) is 13.1 Å². The summed E-state index contributed by atoms with van der Waals surface area (Å²) in [5.74, 6) is -0.378. The molecule has 0 aliphatic carbocycles. The molecule has 34 heavy (non-hydrogen) atoms. The molecule has 2 heterocycles. The minimum atomic E-state index is -4.87. The number of hydrogen-bond donors (Lipinski definition) is 2. The normalized spacial score (nSPS) is 19.1. The number of thiophene rings is 1. The first-order chi connectivity index (χ1) is 16.0. The first-order valence-corrected chi connectivity index (χ1v) is 12.9. The number of anilines is 2. The summed E-state index contributed by atoms with van der Waals surface area (Å²) in [6, 6.07) is 14.1. The van der Waals surface area contributed by atoms with Gasteiger partial charge in [-0.05, 0) is 61.2 Å². The van der Waals surface area contributed by atoms with Crippen molar-refractivity contribution in [2.24, 2.45) is 0 Å². The van der Waals surface area contributed by atoms with Crippen LogP contribution in [0.25, 0.3) is 10.4 Å². The molecule has 2 aromatic carbocycles. The Morgan fingerprint density at radius 2 is 1.74 bits per heavy atom. The minimum Gasteiger partial charge on any atom is -0.404 e. The number of benzene rings is 2. The molecule has 2 unspecified atom stereocenters. The van der Waals surface area contributed by atoms with E-state index in [2.05, 4.69) is 14.8 Å². The average molecular weight is 512 g/mol. The van der Waals surface area contributed by atoms with Gasteiger partial charge in [-0.25, -0.2) is 8.42 Å². The summed E-state index contributed by atoms with van der Waals surface area (Å²) in [5.41, 5.74) is 1.21. The number of ether oxygens (including phenoxy) is 1. The number of nitrogens with one attached hydrogen (secondary N) is 2. The number of halogens is 3. The van der Waals surface area contributed by atoms with Gasteiger partial charge in [0.15, 0.2) is 5.75 Å². The van der Waals surface area contributed by atoms with Gasteiger partial charge in [-0.1, -0.05) is 18.2 Å². The highest BCUT2D eigenvalue weighted by atomic mass is 32.2. The summed E-state index contributed by atoms with van der Waals surface area (Å²) in [5, 5.41) is 5.26. The third-order valence-corrected chi connectivity index (χ3v) is 7.62. The molecule has 1 saturated heterocycles. The van der Waals surface area contributed by atoms with Crippen LogP contribution in [0.4, 0.5) is 24.5 Å². The average Bonchev–Trinajstić information content (AvgIpc) is 3.28. The number of nitrogens with zero attached hydrogens (tertiary/aromatic N) is 1. The lowest BCUT2D eigenvalue weighted by Crippen LogP contribution is -2.54. The van der Waals surface area contributed by atoms with Crippen LogP contribution in [0, 0.1) is 0 Å². The minimum absolute atomic E-state index is 0.0321. The Kier molecular flexibility index (Phi) is 6.79. The van der Waals surface area contributed by atoms with E-state index in [0.717, 1.165) is 16.5 Å². The van der Waals surface area contributed by atoms with Crippen LogP contribution in [0.1, 0.15) is 13.8 Å². The molecular weight excluding hydrogens is 487 g/mol. The van der Waals surface area contributed by atoms with E-state index in [1.807, 2.05) is 31.4 Å². The van der Waals surface area contributed by atoms with E-state index in [4.69, 9.17) is 0 Å². The second-order valence-electron chi connectivity index (χ2n) is 8.21. The van der Waals surface area contributed by atoms with Gasteiger partial charge >= 0.3 is 6.36 Å². The Morgan fingerprint density at radius 1 is 1.06 bits per heavy atom. The van der Waals surface area contributed by atoms with Crippen molar-refractivity contribution < 1.29 is 26.3 Å². The molecule has 2 N–H and O–H groups in total. The Labute approximate surface area is 200 Å². The van der Waals surface area contributed by atoms with Gasteiger partial charge in [-0.15, -0.1) is 24.5 Å². The van der Waals surface area contributed by atoms with Crippen molar-refractivity contribution in [1.82, 2.24) is 5.32 Å². The van der Waals surface area contributed by atoms with Crippen LogP contribution < -0.4 is 19.7 Å². The summed E-state index contributed by atoms with van der Waals surface area (Å²) in [7, 11) is -3.96. The summed E-state index contributed by atoms with van der Waals surface area (Å²) < 4.78 is 71.7. The molecule has 0 spiro atoms. The molecule has 3 aromatic rings. The molecule has 1 aliphatic rings. The van der Waals surface area contributed by atoms with Gasteiger partial charge in [0.25, 0.3) is 10.0 Å². The van der Waals surface area contributed by atoms with Crippen molar-refractivity contribution in [3.63, 3.8) is 0 Å². The SMILES string of the molecule is CC1CN(c2cc(NS(=O)(=O)c3ccc(-c4cccs4)cc3)ccc2OC(F)(F)F)CC(C)N1. The van der Waals surface area contributed by atoms with Crippen LogP contribution in [-0.4, -0.2) is 40.0 Å². The number of piperazine rings is 1. The Hall–Kier alpha value is -2.76. The Bertz CT molecular complexity index is 1220. The van der Waals surface area contributed by atoms with E-state index >= 15 is 0 Å². The summed E-state index contributed by atoms with van der Waals surface area (Å²) >= 11 is 1.55. The molecule has 4 rings (SSSR count). The molecule has 0 bridgehead atoms. The maximum Gasteiger partial charge on any atom is 0.573 e. The molecule has 1 aliphatic heterocycles. The number of hydrogen-bond acceptors (Lipinski definition) is 6. The van der Waals surface area contributed by atoms with E-state index in [-0.39, 0.29) is 34.1 Å². The van der Waals surface area contributed by atoms with Crippen LogP contribution in [-0.2, 0) is 10.0 Å². The van der Waals surface area contributed by atoms with Crippen molar-refractivity contribution in [3.8, 4) is 16.2 Å². The first-order valence-electron chi connectivity index (χ1n) is 10.6. The second kappa shape index (κ2) is 9.47. The largest absolute Gasteiger partial charge is 0.573 e. The molecule has 1 aromatic heterocycles. The van der Waals surface area contributed by atoms with Crippen LogP contribution in [0.2, 0.25) is 0 Å². The van der Waals surface area contributed by atoms with Crippen molar-refractivity contribution in [1.29, 1.82) is 0 Å². The molecule has 2 atom stereocenters. The van der Waals surface area contributed by atoms with Crippen LogP contribution in [0.5, 0.6) is 5.75 Å². The molecule has 0 amide bonds. The lowest BCUT2D eigenvalue weighted by Gasteiger charge is -2.38. The molecule has 182 valence electrons. The number of sulfonamides is 1. The second-order valence-corrected chi connectivity index (χ2v) is 10.8. The summed E-state index contributed by atoms with van der Waals surface area (Å²) in [6.45, 7) is 4.75. The third kappa shape index (κ3) is 5.83. The molecule has 11 heteroatoms. The molecule has 0 saturated carbocycles. The Balaban J connectivity index is 1.62. The maximum atomic E-state index is 13.0. The topological polar surface area (TPSA) is 70.7 Å². The standard InChI is InChI=1S/C23H24F3N3O3S2/c1-15-13-29(14-16(2)27-15)20-12-18(7-10-21(20)32-23(24,25)26)28-34(30,31)19-8-5-17(6-9-19)22-4-3-11-33-22/h3-12,15-16,27-28H,13-14H2,1-2H3. The van der Waals surface area contributed by atoms with Gasteiger partial charge in [0.2, 0.25) is 0 Å². The van der Waals surface area contributed by atoms with Crippen molar-refractivity contribution >= 4 is 32.7 Å². The molecule has 6 nitrogen and oxygen atoms in total. The van der Waals surface area contributed by atoms with Gasteiger partial charge < -0.3 is 15.0 Å². The molecule has 0 radical (unpaired) electrons. The van der Waals surface area contributed by atoms with Crippen molar-refractivity contribution in [3.05, 3.63) is 60.0 Å². The van der Waals surface area contributed by atoms with Gasteiger partial charge in [0, 0.05) is 30.1 Å². The van der Waals surface area contributed by atoms with Crippen LogP contribution >= 0.6 is 11.3 Å². The smallest absolute Gasteiger partial charge is 0.404 e. The quantitative estimate of drug-likeness (QED) is 0.470. The highest BCUT2D eigenvalue weighted by Gasteiger charge is 2.34. The van der Waals surface area contributed by atoms with Gasteiger partial charge in [-0.2, -0.15) is 0 Å². The molecule has 1 fully saturated rings. The maximum absolute atomic E-state index is 13.0. The molecular formula is C23H24F3N3O3S2. The van der Waals surface area contributed by atoms with Crippen molar-refractivity contribution in [2.45, 2.75) is 37.2 Å². The van der Waals surface area contributed by atoms with Gasteiger partial charge in [0.1, 0.15) is 0 Å². The predicted octanol–water partition coefficient (Wildman–Crippen LogP) is 5.30. The van der Waals surface area contributed by atoms with E-state index < -0.39 is 16.4 Å². The fourth-order valence-corrected chi connectivity index (χ4v) is 5.80. The monoisotopic (exact) mass is 511 g/mol. The highest BCUT2D eigenvalue weighted by Crippen LogP contribution is 2.37. The predicted molar refractivity (Wildman–Crippen MR) is 128 cm³/mol. The van der Waals surface area contributed by atoms with Crippen LogP contribution in [0.3, 0.4) is 0 Å². The fourth-order valence-electron chi connectivity index (χ4n) is 4.02. The van der Waals surface area contributed by atoms with E-state index in [1.165, 1.54) is 24.3 Å². The van der Waals surface area contributed by atoms with Gasteiger partial charge in [-0.3, -0.25) is 4.72 Å². The zero-order valence-electron chi connectivity index (χ0n) is 18.5.